The third-order valence-electron chi connectivity index (χ3n) is 1.17. The van der Waals surface area contributed by atoms with Crippen molar-refractivity contribution >= 4 is 112 Å². The van der Waals surface area contributed by atoms with Gasteiger partial charge in [-0.3, -0.25) is 0 Å². The molecule has 22 heavy (non-hydrogen) atoms. The average molecular weight is 518 g/mol. The molecule has 0 unspecified atom stereocenters. The molecule has 0 aromatic carbocycles. The zero-order valence-electron chi connectivity index (χ0n) is 11.9. The van der Waals surface area contributed by atoms with Crippen LogP contribution in [0.4, 0.5) is 0 Å². The molecule has 0 spiro atoms. The molecule has 0 heterocycles. The van der Waals surface area contributed by atoms with E-state index >= 15 is 0 Å². The van der Waals surface area contributed by atoms with Crippen LogP contribution in [-0.4, -0.2) is 57.0 Å². The molecule has 0 aliphatic rings. The quantitative estimate of drug-likeness (QED) is 0.210. The van der Waals surface area contributed by atoms with E-state index in [-0.39, 0.29) is 24.4 Å². The summed E-state index contributed by atoms with van der Waals surface area (Å²) in [6.07, 6.45) is 5.12. The topological polar surface area (TPSA) is 36.1 Å². The van der Waals surface area contributed by atoms with E-state index in [9.17, 15) is 0 Å². The summed E-state index contributed by atoms with van der Waals surface area (Å²) in [6.45, 7) is 12.4. The Balaban J connectivity index is -0.000000108. The molecule has 0 saturated heterocycles. The maximum Gasteiger partial charge on any atom is 3.00 e. The Morgan fingerprint density at radius 2 is 0.864 bits per heavy atom. The number of thiocarbonyl (C=S) groups is 3. The molecule has 0 aliphatic carbocycles. The Kier molecular flexibility index (Phi) is 36.2. The number of hydrogen-bond acceptors (Lipinski definition) is 6. The van der Waals surface area contributed by atoms with Gasteiger partial charge in [0, 0.05) is 19.6 Å². The summed E-state index contributed by atoms with van der Waals surface area (Å²) >= 11 is 27.1. The molecular weight excluding hydrogens is 500 g/mol. The van der Waals surface area contributed by atoms with Gasteiger partial charge >= 0.3 is 24.4 Å². The molecule has 2 radical (unpaired) electrons. The minimum Gasteiger partial charge on any atom is -0.412 e. The zero-order valence-corrected chi connectivity index (χ0v) is 19.3. The van der Waals surface area contributed by atoms with Crippen LogP contribution in [0.5, 0.6) is 0 Å². The first-order valence-corrected chi connectivity index (χ1v) is 7.93. The molecule has 3 nitrogen and oxygen atoms in total. The summed E-state index contributed by atoms with van der Waals surface area (Å²) in [6, 6.07) is 0. The monoisotopic (exact) mass is 517 g/mol. The Morgan fingerprint density at radius 1 is 0.682 bits per heavy atom. The third kappa shape index (κ3) is 49.9. The molecule has 0 fully saturated rings. The van der Waals surface area contributed by atoms with E-state index in [1.807, 2.05) is 0 Å². The molecule has 0 aromatic heterocycles. The first-order chi connectivity index (χ1) is 9.81. The van der Waals surface area contributed by atoms with Gasteiger partial charge in [-0.2, -0.15) is 0 Å². The van der Waals surface area contributed by atoms with Crippen LogP contribution in [0.1, 0.15) is 0 Å². The Hall–Kier alpha value is 0.368. The van der Waals surface area contributed by atoms with E-state index in [0.717, 1.165) is 0 Å². The van der Waals surface area contributed by atoms with Gasteiger partial charge in [0.15, 0.2) is 0 Å². The van der Waals surface area contributed by atoms with Crippen LogP contribution in [0.2, 0.25) is 0 Å². The van der Waals surface area contributed by atoms with E-state index in [2.05, 4.69) is 110 Å². The van der Waals surface area contributed by atoms with Gasteiger partial charge in [-0.15, -0.1) is 19.7 Å². The van der Waals surface area contributed by atoms with Gasteiger partial charge in [-0.05, 0) is 0 Å². The number of rotatable bonds is 6. The van der Waals surface area contributed by atoms with Crippen molar-refractivity contribution in [3.63, 3.8) is 0 Å². The van der Waals surface area contributed by atoms with Gasteiger partial charge in [0.05, 0.1) is 0 Å². The maximum absolute atomic E-state index is 4.52. The van der Waals surface area contributed by atoms with Crippen molar-refractivity contribution in [1.29, 1.82) is 0 Å². The van der Waals surface area contributed by atoms with Crippen molar-refractivity contribution in [2.75, 3.05) is 19.6 Å². The van der Waals surface area contributed by atoms with Crippen LogP contribution >= 0.6 is 36.7 Å². The first kappa shape index (κ1) is 30.3. The van der Waals surface area contributed by atoms with Crippen LogP contribution < -0.4 is 16.0 Å². The van der Waals surface area contributed by atoms with Crippen LogP contribution in [0, 0.1) is 0 Å². The van der Waals surface area contributed by atoms with Gasteiger partial charge in [0.25, 0.3) is 0 Å². The molecule has 0 aromatic rings. The van der Waals surface area contributed by atoms with Gasteiger partial charge in [-0.1, -0.05) is 31.2 Å². The van der Waals surface area contributed by atoms with Crippen molar-refractivity contribution in [3.05, 3.63) is 38.0 Å². The first-order valence-electron chi connectivity index (χ1n) is 5.48. The SMILES string of the molecule is C=CCNC(=S)[S-].C=CCNC(=S)[S-].C=CCNC(=S)[S-].[Sb+3]. The Morgan fingerprint density at radius 3 is 0.909 bits per heavy atom. The second kappa shape index (κ2) is 26.3. The van der Waals surface area contributed by atoms with Crippen molar-refractivity contribution in [2.45, 2.75) is 0 Å². The van der Waals surface area contributed by atoms with E-state index in [1.54, 1.807) is 18.2 Å². The molecule has 122 valence electrons. The van der Waals surface area contributed by atoms with Crippen molar-refractivity contribution in [2.24, 2.45) is 0 Å². The van der Waals surface area contributed by atoms with Crippen LogP contribution in [0.25, 0.3) is 0 Å². The second-order valence-corrected chi connectivity index (χ2v) is 6.10. The minimum atomic E-state index is 0. The maximum atomic E-state index is 4.52. The molecule has 0 saturated carbocycles. The predicted molar refractivity (Wildman–Crippen MR) is 120 cm³/mol. The molecular formula is C12H18N3S6Sb. The normalized spacial score (nSPS) is 7.09. The standard InChI is InChI=1S/3C4H7NS2.Sb/c3*1-2-3-5-4(6)7;/h3*2H,1,3H2,(H2,5,6,7);/q;;;+3/p-3. The fourth-order valence-corrected chi connectivity index (χ4v) is 0.967. The fraction of sp³-hybridized carbons (Fsp3) is 0.250. The molecule has 0 atom stereocenters. The summed E-state index contributed by atoms with van der Waals surface area (Å²) in [7, 11) is 0. The predicted octanol–water partition coefficient (Wildman–Crippen LogP) is 1.40. The van der Waals surface area contributed by atoms with E-state index < -0.39 is 0 Å². The summed E-state index contributed by atoms with van der Waals surface area (Å²) in [5.41, 5.74) is 0. The van der Waals surface area contributed by atoms with Crippen molar-refractivity contribution < 1.29 is 0 Å². The average Bonchev–Trinajstić information content (AvgIpc) is 2.41. The number of hydrogen-bond donors (Lipinski definition) is 3. The Labute approximate surface area is 183 Å². The van der Waals surface area contributed by atoms with Gasteiger partial charge in [0.2, 0.25) is 0 Å². The van der Waals surface area contributed by atoms with Gasteiger partial charge < -0.3 is 90.5 Å². The van der Waals surface area contributed by atoms with Crippen molar-refractivity contribution in [1.82, 2.24) is 16.0 Å². The van der Waals surface area contributed by atoms with Gasteiger partial charge in [0.1, 0.15) is 0 Å². The molecule has 10 heteroatoms. The van der Waals surface area contributed by atoms with E-state index in [1.165, 1.54) is 0 Å². The van der Waals surface area contributed by atoms with E-state index in [0.29, 0.717) is 32.6 Å². The van der Waals surface area contributed by atoms with E-state index in [4.69, 9.17) is 0 Å². The molecule has 3 N–H and O–H groups in total. The summed E-state index contributed by atoms with van der Waals surface area (Å²) < 4.78 is 1.21. The summed E-state index contributed by atoms with van der Waals surface area (Å²) in [4.78, 5) is 0. The largest absolute Gasteiger partial charge is 3.00 e. The Bertz CT molecular complexity index is 297. The molecule has 0 rings (SSSR count). The third-order valence-corrected chi connectivity index (χ3v) is 2.04. The zero-order chi connectivity index (χ0) is 17.1. The number of nitrogens with one attached hydrogen (secondary N) is 3. The fourth-order valence-electron chi connectivity index (χ4n) is 0.467. The van der Waals surface area contributed by atoms with Crippen molar-refractivity contribution in [3.8, 4) is 0 Å². The smallest absolute Gasteiger partial charge is 0.412 e. The minimum absolute atomic E-state index is 0. The van der Waals surface area contributed by atoms with Gasteiger partial charge in [-0.25, -0.2) is 0 Å². The molecule has 0 aliphatic heterocycles. The second-order valence-electron chi connectivity index (χ2n) is 2.87. The van der Waals surface area contributed by atoms with Crippen LogP contribution in [-0.2, 0) is 37.9 Å². The summed E-state index contributed by atoms with van der Waals surface area (Å²) in [5, 5.41) is 8.17. The van der Waals surface area contributed by atoms with Crippen LogP contribution in [0.3, 0.4) is 0 Å². The van der Waals surface area contributed by atoms with Crippen LogP contribution in [0.15, 0.2) is 38.0 Å². The molecule has 0 bridgehead atoms. The molecule has 0 amide bonds. The summed E-state index contributed by atoms with van der Waals surface area (Å²) in [5.74, 6) is 0.